The minimum atomic E-state index is -4.78. The second kappa shape index (κ2) is 5.33. The summed E-state index contributed by atoms with van der Waals surface area (Å²) in [7, 11) is -2.69. The Kier molecular flexibility index (Phi) is 3.48. The van der Waals surface area contributed by atoms with Crippen LogP contribution in [0.4, 0.5) is 0 Å². The number of phosphoric acid groups is 1. The van der Waals surface area contributed by atoms with E-state index in [1.807, 2.05) is 12.1 Å². The number of aromatic hydroxyl groups is 1. The van der Waals surface area contributed by atoms with Gasteiger partial charge in [0.1, 0.15) is 0 Å². The van der Waals surface area contributed by atoms with Gasteiger partial charge in [-0.3, -0.25) is 14.7 Å². The van der Waals surface area contributed by atoms with Crippen molar-refractivity contribution in [3.63, 3.8) is 0 Å². The van der Waals surface area contributed by atoms with Crippen LogP contribution < -0.4 is 4.52 Å². The summed E-state index contributed by atoms with van der Waals surface area (Å²) < 4.78 is 16.2. The third-order valence-corrected chi connectivity index (χ3v) is 5.33. The first-order chi connectivity index (χ1) is 11.3. The van der Waals surface area contributed by atoms with E-state index in [-0.39, 0.29) is 17.5 Å². The smallest absolute Gasteiger partial charge is 0.504 e. The number of rotatable bonds is 2. The molecule has 126 valence electrons. The van der Waals surface area contributed by atoms with E-state index in [9.17, 15) is 19.5 Å². The number of hydrogen-bond donors (Lipinski definition) is 3. The summed E-state index contributed by atoms with van der Waals surface area (Å²) in [5, 5.41) is 10.1. The van der Waals surface area contributed by atoms with Crippen molar-refractivity contribution in [2.75, 3.05) is 13.6 Å². The number of fused-ring (bicyclic) bond motifs is 2. The first-order valence-electron chi connectivity index (χ1n) is 7.77. The van der Waals surface area contributed by atoms with Gasteiger partial charge in [-0.2, -0.15) is 0 Å². The third kappa shape index (κ3) is 2.43. The molecule has 0 saturated carbocycles. The Balaban J connectivity index is 1.99. The van der Waals surface area contributed by atoms with Crippen LogP contribution in [-0.4, -0.2) is 33.4 Å². The lowest BCUT2D eigenvalue weighted by Gasteiger charge is -2.40. The topological polar surface area (TPSA) is 90.2 Å². The lowest BCUT2D eigenvalue weighted by molar-refractivity contribution is 0.228. The number of likely N-dealkylation sites (N-methyl/N-ethyl adjacent to an activating group) is 1. The van der Waals surface area contributed by atoms with Crippen molar-refractivity contribution in [3.8, 4) is 22.6 Å². The minimum Gasteiger partial charge on any atom is -0.504 e. The van der Waals surface area contributed by atoms with Crippen molar-refractivity contribution in [2.24, 2.45) is 0 Å². The molecule has 1 heterocycles. The van der Waals surface area contributed by atoms with Crippen molar-refractivity contribution in [3.05, 3.63) is 47.0 Å². The van der Waals surface area contributed by atoms with Gasteiger partial charge in [-0.15, -0.1) is 0 Å². The highest BCUT2D eigenvalue weighted by Crippen LogP contribution is 2.53. The Morgan fingerprint density at radius 3 is 2.75 bits per heavy atom. The number of hydrogen-bond acceptors (Lipinski definition) is 4. The van der Waals surface area contributed by atoms with E-state index in [1.165, 1.54) is 17.2 Å². The van der Waals surface area contributed by atoms with Crippen molar-refractivity contribution in [1.29, 1.82) is 0 Å². The summed E-state index contributed by atoms with van der Waals surface area (Å²) in [5.74, 6) is -0.404. The molecule has 0 fully saturated rings. The van der Waals surface area contributed by atoms with Crippen molar-refractivity contribution in [1.82, 2.24) is 4.90 Å². The molecule has 2 aromatic rings. The molecule has 2 aliphatic rings. The van der Waals surface area contributed by atoms with Crippen molar-refractivity contribution >= 4 is 7.82 Å². The molecule has 0 unspecified atom stereocenters. The summed E-state index contributed by atoms with van der Waals surface area (Å²) >= 11 is 0. The Hall–Kier alpha value is -1.85. The SMILES string of the molecule is CN1CCc2cccc3c2[C@H]1Cc1ccc(O)c(OP(=O)(O)O)c1-3. The predicted octanol–water partition coefficient (Wildman–Crippen LogP) is 2.62. The number of phosphoric ester groups is 1. The van der Waals surface area contributed by atoms with Crippen LogP contribution in [0.1, 0.15) is 22.7 Å². The predicted molar refractivity (Wildman–Crippen MR) is 89.0 cm³/mol. The Morgan fingerprint density at radius 2 is 2.00 bits per heavy atom. The fourth-order valence-electron chi connectivity index (χ4n) is 3.87. The molecule has 6 nitrogen and oxygen atoms in total. The lowest BCUT2D eigenvalue weighted by atomic mass is 9.77. The van der Waals surface area contributed by atoms with E-state index in [2.05, 4.69) is 18.0 Å². The largest absolute Gasteiger partial charge is 0.524 e. The fourth-order valence-corrected chi connectivity index (χ4v) is 4.29. The maximum Gasteiger partial charge on any atom is 0.524 e. The summed E-state index contributed by atoms with van der Waals surface area (Å²) in [6.45, 7) is 0.973. The first kappa shape index (κ1) is 15.7. The zero-order valence-corrected chi connectivity index (χ0v) is 14.0. The maximum atomic E-state index is 11.4. The molecule has 4 rings (SSSR count). The summed E-state index contributed by atoms with van der Waals surface area (Å²) in [5.41, 5.74) is 4.79. The van der Waals surface area contributed by atoms with E-state index in [0.717, 1.165) is 24.1 Å². The van der Waals surface area contributed by atoms with Crippen LogP contribution in [0.15, 0.2) is 30.3 Å². The highest BCUT2D eigenvalue weighted by molar-refractivity contribution is 7.46. The van der Waals surface area contributed by atoms with Gasteiger partial charge >= 0.3 is 7.82 Å². The molecule has 1 aliphatic carbocycles. The highest BCUT2D eigenvalue weighted by Gasteiger charge is 2.35. The van der Waals surface area contributed by atoms with Gasteiger partial charge in [0.15, 0.2) is 11.5 Å². The molecular weight excluding hydrogens is 329 g/mol. The molecule has 0 radical (unpaired) electrons. The van der Waals surface area contributed by atoms with E-state index in [4.69, 9.17) is 4.52 Å². The molecule has 0 amide bonds. The molecule has 7 heteroatoms. The van der Waals surface area contributed by atoms with E-state index in [0.29, 0.717) is 12.0 Å². The van der Waals surface area contributed by atoms with Crippen LogP contribution in [0, 0.1) is 0 Å². The van der Waals surface area contributed by atoms with Gasteiger partial charge in [-0.25, -0.2) is 4.57 Å². The second-order valence-electron chi connectivity index (χ2n) is 6.36. The molecule has 3 N–H and O–H groups in total. The van der Waals surface area contributed by atoms with Crippen LogP contribution >= 0.6 is 7.82 Å². The molecule has 2 aromatic carbocycles. The highest BCUT2D eigenvalue weighted by atomic mass is 31.2. The van der Waals surface area contributed by atoms with Gasteiger partial charge in [0.2, 0.25) is 0 Å². The fraction of sp³-hybridized carbons (Fsp3) is 0.294. The lowest BCUT2D eigenvalue weighted by Crippen LogP contribution is -2.35. The van der Waals surface area contributed by atoms with E-state index < -0.39 is 7.82 Å². The van der Waals surface area contributed by atoms with Crippen molar-refractivity contribution in [2.45, 2.75) is 18.9 Å². The van der Waals surface area contributed by atoms with Crippen LogP contribution in [0.5, 0.6) is 11.5 Å². The van der Waals surface area contributed by atoms with Gasteiger partial charge < -0.3 is 9.63 Å². The molecule has 0 bridgehead atoms. The standard InChI is InChI=1S/C17H18NO5P/c1-18-8-7-10-3-2-4-12-15(10)13(18)9-11-5-6-14(19)17(16(11)12)23-24(20,21)22/h2-6,13,19H,7-9H2,1H3,(H2,20,21,22)/t13-/m1/s1. The third-order valence-electron chi connectivity index (χ3n) is 4.91. The first-order valence-corrected chi connectivity index (χ1v) is 9.30. The van der Waals surface area contributed by atoms with E-state index >= 15 is 0 Å². The molecule has 0 saturated heterocycles. The quantitative estimate of drug-likeness (QED) is 0.724. The zero-order valence-electron chi connectivity index (χ0n) is 13.1. The van der Waals surface area contributed by atoms with Gasteiger partial charge in [-0.05, 0) is 48.2 Å². The molecule has 24 heavy (non-hydrogen) atoms. The summed E-state index contributed by atoms with van der Waals surface area (Å²) in [4.78, 5) is 20.7. The molecule has 1 aliphatic heterocycles. The van der Waals surface area contributed by atoms with Crippen molar-refractivity contribution < 1.29 is 24.0 Å². The number of phenols is 1. The van der Waals surface area contributed by atoms with Crippen LogP contribution in [0.25, 0.3) is 11.1 Å². The average molecular weight is 347 g/mol. The average Bonchev–Trinajstić information content (AvgIpc) is 2.52. The summed E-state index contributed by atoms with van der Waals surface area (Å²) in [6.07, 6.45) is 1.65. The Morgan fingerprint density at radius 1 is 1.21 bits per heavy atom. The van der Waals surface area contributed by atoms with Crippen LogP contribution in [-0.2, 0) is 17.4 Å². The van der Waals surface area contributed by atoms with Gasteiger partial charge in [0.25, 0.3) is 0 Å². The van der Waals surface area contributed by atoms with Crippen LogP contribution in [0.3, 0.4) is 0 Å². The molecular formula is C17H18NO5P. The minimum absolute atomic E-state index is 0.138. The van der Waals surface area contributed by atoms with Crippen LogP contribution in [0.2, 0.25) is 0 Å². The number of nitrogens with zero attached hydrogens (tertiary/aromatic N) is 1. The molecule has 0 spiro atoms. The monoisotopic (exact) mass is 347 g/mol. The summed E-state index contributed by atoms with van der Waals surface area (Å²) in [6, 6.07) is 9.42. The molecule has 0 aromatic heterocycles. The zero-order chi connectivity index (χ0) is 17.1. The van der Waals surface area contributed by atoms with Gasteiger partial charge in [0.05, 0.1) is 0 Å². The Bertz CT molecular complexity index is 876. The van der Waals surface area contributed by atoms with Gasteiger partial charge in [0, 0.05) is 18.2 Å². The second-order valence-corrected chi connectivity index (χ2v) is 7.52. The number of phenolic OH excluding ortho intramolecular Hbond substituents is 1. The van der Waals surface area contributed by atoms with E-state index in [1.54, 1.807) is 6.07 Å². The normalized spacial score (nSPS) is 19.5. The maximum absolute atomic E-state index is 11.4. The van der Waals surface area contributed by atoms with Gasteiger partial charge in [-0.1, -0.05) is 24.3 Å². The molecule has 1 atom stereocenters. The number of benzene rings is 2. The Labute approximate surface area is 139 Å².